The Morgan fingerprint density at radius 3 is 2.70 bits per heavy atom. The molecule has 8 nitrogen and oxygen atoms in total. The average molecular weight is 528 g/mol. The number of rotatable bonds is 8. The number of nitrogens with one attached hydrogen (secondary N) is 2. The van der Waals surface area contributed by atoms with Crippen LogP contribution in [0.1, 0.15) is 61.4 Å². The molecule has 0 unspecified atom stereocenters. The Hall–Kier alpha value is -3.04. The fourth-order valence-corrected chi connectivity index (χ4v) is 5.19. The zero-order chi connectivity index (χ0) is 25.6. The molecule has 5 rings (SSSR count). The van der Waals surface area contributed by atoms with Crippen LogP contribution >= 0.6 is 11.6 Å². The van der Waals surface area contributed by atoms with E-state index in [1.807, 2.05) is 0 Å². The van der Waals surface area contributed by atoms with Gasteiger partial charge in [0, 0.05) is 35.8 Å². The third-order valence-electron chi connectivity index (χ3n) is 7.11. The predicted octanol–water partition coefficient (Wildman–Crippen LogP) is 5.84. The average Bonchev–Trinajstić information content (AvgIpc) is 3.39. The molecule has 3 heterocycles. The van der Waals surface area contributed by atoms with E-state index in [9.17, 15) is 9.18 Å². The van der Waals surface area contributed by atoms with E-state index in [2.05, 4.69) is 25.5 Å². The Morgan fingerprint density at radius 2 is 1.89 bits per heavy atom. The molecule has 1 aromatic carbocycles. The molecule has 1 aliphatic heterocycles. The lowest BCUT2D eigenvalue weighted by atomic mass is 9.87. The van der Waals surface area contributed by atoms with Crippen molar-refractivity contribution in [2.75, 3.05) is 25.1 Å². The fraction of sp³-hybridized carbons (Fsp3) is 0.481. The van der Waals surface area contributed by atoms with Gasteiger partial charge >= 0.3 is 0 Å². The molecule has 10 heteroatoms. The summed E-state index contributed by atoms with van der Waals surface area (Å²) >= 11 is 6.42. The maximum absolute atomic E-state index is 14.8. The van der Waals surface area contributed by atoms with E-state index in [0.717, 1.165) is 38.7 Å². The number of aromatic amines is 1. The summed E-state index contributed by atoms with van der Waals surface area (Å²) < 4.78 is 26.2. The summed E-state index contributed by atoms with van der Waals surface area (Å²) in [5.74, 6) is 1.51. The highest BCUT2D eigenvalue weighted by molar-refractivity contribution is 6.33. The zero-order valence-electron chi connectivity index (χ0n) is 20.6. The summed E-state index contributed by atoms with van der Waals surface area (Å²) in [5, 5.41) is 11.2. The van der Waals surface area contributed by atoms with Crippen LogP contribution in [0.3, 0.4) is 0 Å². The predicted molar refractivity (Wildman–Crippen MR) is 138 cm³/mol. The molecule has 1 amide bonds. The number of nitrogens with zero attached hydrogens (tertiary/aromatic N) is 3. The Labute approximate surface area is 220 Å². The Balaban J connectivity index is 1.27. The first-order valence-corrected chi connectivity index (χ1v) is 13.3. The molecule has 3 aromatic rings. The van der Waals surface area contributed by atoms with Crippen molar-refractivity contribution < 1.29 is 18.7 Å². The van der Waals surface area contributed by atoms with Gasteiger partial charge < -0.3 is 19.8 Å². The number of anilines is 1. The molecule has 2 N–H and O–H groups in total. The molecule has 2 fully saturated rings. The van der Waals surface area contributed by atoms with Gasteiger partial charge in [0.05, 0.1) is 12.8 Å². The number of benzene rings is 1. The number of halogens is 2. The van der Waals surface area contributed by atoms with Gasteiger partial charge in [-0.2, -0.15) is 0 Å². The molecule has 196 valence electrons. The minimum Gasteiger partial charge on any atom is -0.493 e. The van der Waals surface area contributed by atoms with E-state index >= 15 is 0 Å². The Morgan fingerprint density at radius 1 is 1.08 bits per heavy atom. The van der Waals surface area contributed by atoms with Gasteiger partial charge in [-0.1, -0.05) is 43.7 Å². The van der Waals surface area contributed by atoms with Crippen LogP contribution in [0.25, 0.3) is 11.1 Å². The summed E-state index contributed by atoms with van der Waals surface area (Å²) in [6, 6.07) is 6.61. The number of carbonyl (C=O) groups excluding carboxylic acids is 1. The molecule has 2 aromatic heterocycles. The van der Waals surface area contributed by atoms with Crippen LogP contribution < -0.4 is 10.1 Å². The zero-order valence-corrected chi connectivity index (χ0v) is 21.4. The van der Waals surface area contributed by atoms with Crippen LogP contribution in [0.15, 0.2) is 30.5 Å². The largest absolute Gasteiger partial charge is 0.493 e. The van der Waals surface area contributed by atoms with E-state index in [1.54, 1.807) is 18.2 Å². The number of hydrogen-bond acceptors (Lipinski definition) is 6. The summed E-state index contributed by atoms with van der Waals surface area (Å²) in [6.07, 6.45) is 9.86. The van der Waals surface area contributed by atoms with Crippen molar-refractivity contribution in [3.63, 3.8) is 0 Å². The molecule has 0 atom stereocenters. The lowest BCUT2D eigenvalue weighted by Crippen LogP contribution is -2.21. The monoisotopic (exact) mass is 527 g/mol. The second-order valence-electron chi connectivity index (χ2n) is 9.84. The second kappa shape index (κ2) is 12.0. The van der Waals surface area contributed by atoms with E-state index < -0.39 is 11.7 Å². The Bertz CT molecular complexity index is 1220. The molecule has 37 heavy (non-hydrogen) atoms. The number of ether oxygens (including phenoxy) is 2. The van der Waals surface area contributed by atoms with E-state index in [1.165, 1.54) is 38.2 Å². The molecule has 0 spiro atoms. The molecule has 1 saturated carbocycles. The van der Waals surface area contributed by atoms with Crippen molar-refractivity contribution in [3.8, 4) is 16.9 Å². The molecule has 1 aliphatic carbocycles. The van der Waals surface area contributed by atoms with Gasteiger partial charge in [-0.15, -0.1) is 10.2 Å². The first-order chi connectivity index (χ1) is 18.0. The van der Waals surface area contributed by atoms with Gasteiger partial charge in [0.25, 0.3) is 5.91 Å². The van der Waals surface area contributed by atoms with Gasteiger partial charge in [-0.25, -0.2) is 9.37 Å². The van der Waals surface area contributed by atoms with Crippen LogP contribution in [-0.4, -0.2) is 45.9 Å². The lowest BCUT2D eigenvalue weighted by Gasteiger charge is -2.22. The molecular weight excluding hydrogens is 497 g/mol. The molecule has 1 saturated heterocycles. The van der Waals surface area contributed by atoms with Gasteiger partial charge in [0.1, 0.15) is 23.2 Å². The highest BCUT2D eigenvalue weighted by atomic mass is 35.5. The molecule has 2 aliphatic rings. The number of aromatic nitrogens is 4. The number of H-pyrrole nitrogens is 1. The van der Waals surface area contributed by atoms with Crippen LogP contribution in [-0.2, 0) is 11.2 Å². The summed E-state index contributed by atoms with van der Waals surface area (Å²) in [4.78, 5) is 19.8. The third-order valence-corrected chi connectivity index (χ3v) is 7.44. The smallest absolute Gasteiger partial charge is 0.294 e. The highest BCUT2D eigenvalue weighted by Crippen LogP contribution is 2.34. The standard InChI is InChI=1S/C27H31ClFN5O3/c28-22-7-6-19(37-16-18-8-10-36-11-9-18)13-20(22)21-14-24(30-15-23(21)29)32-27(35)26-31-25(33-34-26)12-17-4-2-1-3-5-17/h6-7,13-15,17-18H,1-5,8-12,16H2,(H,30,32,35)(H,31,33,34). The topological polar surface area (TPSA) is 102 Å². The molecule has 0 radical (unpaired) electrons. The van der Waals surface area contributed by atoms with Crippen LogP contribution in [0, 0.1) is 17.7 Å². The van der Waals surface area contributed by atoms with Gasteiger partial charge in [-0.05, 0) is 48.9 Å². The second-order valence-corrected chi connectivity index (χ2v) is 10.2. The number of amides is 1. The number of carbonyl (C=O) groups is 1. The van der Waals surface area contributed by atoms with Gasteiger partial charge in [0.15, 0.2) is 0 Å². The highest BCUT2D eigenvalue weighted by Gasteiger charge is 2.20. The third kappa shape index (κ3) is 6.64. The van der Waals surface area contributed by atoms with Crippen molar-refractivity contribution in [1.82, 2.24) is 20.2 Å². The SMILES string of the molecule is O=C(Nc1cc(-c2cc(OCC3CCOCC3)ccc2Cl)c(F)cn1)c1nnc(CC2CCCCC2)[nH]1. The lowest BCUT2D eigenvalue weighted by molar-refractivity contribution is 0.0497. The molecule has 0 bridgehead atoms. The Kier molecular flexibility index (Phi) is 8.31. The van der Waals surface area contributed by atoms with Crippen molar-refractivity contribution in [2.24, 2.45) is 11.8 Å². The van der Waals surface area contributed by atoms with E-state index in [-0.39, 0.29) is 17.2 Å². The van der Waals surface area contributed by atoms with Crippen molar-refractivity contribution in [2.45, 2.75) is 51.4 Å². The first-order valence-electron chi connectivity index (χ1n) is 12.9. The summed E-state index contributed by atoms with van der Waals surface area (Å²) in [7, 11) is 0. The minimum atomic E-state index is -0.559. The van der Waals surface area contributed by atoms with Crippen LogP contribution in [0.2, 0.25) is 5.02 Å². The van der Waals surface area contributed by atoms with Crippen LogP contribution in [0.5, 0.6) is 5.75 Å². The quantitative estimate of drug-likeness (QED) is 0.381. The number of hydrogen-bond donors (Lipinski definition) is 2. The maximum atomic E-state index is 14.8. The number of pyridine rings is 1. The minimum absolute atomic E-state index is 0.0972. The van der Waals surface area contributed by atoms with Crippen molar-refractivity contribution in [3.05, 3.63) is 53.0 Å². The van der Waals surface area contributed by atoms with Crippen molar-refractivity contribution in [1.29, 1.82) is 0 Å². The van der Waals surface area contributed by atoms with E-state index in [0.29, 0.717) is 40.6 Å². The fourth-order valence-electron chi connectivity index (χ4n) is 4.97. The summed E-state index contributed by atoms with van der Waals surface area (Å²) in [5.41, 5.74) is 0.665. The van der Waals surface area contributed by atoms with Crippen LogP contribution in [0.4, 0.5) is 10.2 Å². The summed E-state index contributed by atoms with van der Waals surface area (Å²) in [6.45, 7) is 2.05. The maximum Gasteiger partial charge on any atom is 0.294 e. The van der Waals surface area contributed by atoms with Crippen molar-refractivity contribution >= 4 is 23.3 Å². The van der Waals surface area contributed by atoms with Gasteiger partial charge in [-0.3, -0.25) is 4.79 Å². The van der Waals surface area contributed by atoms with E-state index in [4.69, 9.17) is 21.1 Å². The van der Waals surface area contributed by atoms with Gasteiger partial charge in [0.2, 0.25) is 5.82 Å². The first kappa shape index (κ1) is 25.6. The molecular formula is C27H31ClFN5O3. The normalized spacial score (nSPS) is 17.0.